The van der Waals surface area contributed by atoms with Crippen molar-refractivity contribution in [3.8, 4) is 0 Å². The first-order valence-corrected chi connectivity index (χ1v) is 10.8. The molecular weight excluding hydrogens is 384 g/mol. The van der Waals surface area contributed by atoms with E-state index in [1.54, 1.807) is 0 Å². The zero-order valence-corrected chi connectivity index (χ0v) is 18.8. The minimum absolute atomic E-state index is 0.0539. The van der Waals surface area contributed by atoms with Crippen molar-refractivity contribution in [1.82, 2.24) is 9.47 Å². The number of aromatic nitrogens is 1. The first-order valence-electron chi connectivity index (χ1n) is 10.8. The summed E-state index contributed by atoms with van der Waals surface area (Å²) in [4.78, 5) is 19.7. The van der Waals surface area contributed by atoms with E-state index in [0.29, 0.717) is 16.7 Å². The van der Waals surface area contributed by atoms with Crippen molar-refractivity contribution in [3.63, 3.8) is 0 Å². The summed E-state index contributed by atoms with van der Waals surface area (Å²) in [6.07, 6.45) is 12.5. The Hall–Kier alpha value is -3.18. The number of aliphatic imine (C=N–C) groups is 1. The summed E-state index contributed by atoms with van der Waals surface area (Å²) in [5, 5.41) is 0. The molecule has 2 aliphatic heterocycles. The second-order valence-electron chi connectivity index (χ2n) is 8.59. The van der Waals surface area contributed by atoms with Crippen LogP contribution < -0.4 is 0 Å². The molecule has 2 aliphatic rings. The fraction of sp³-hybridized carbons (Fsp3) is 0.308. The molecule has 0 bridgehead atoms. The van der Waals surface area contributed by atoms with E-state index in [0.717, 1.165) is 24.4 Å². The Labute approximate surface area is 184 Å². The molecule has 0 radical (unpaired) electrons. The number of aryl methyl sites for hydroxylation is 1. The van der Waals surface area contributed by atoms with Crippen LogP contribution in [0.3, 0.4) is 0 Å². The first-order chi connectivity index (χ1) is 14.9. The van der Waals surface area contributed by atoms with Crippen LogP contribution in [0.25, 0.3) is 0 Å². The molecule has 0 spiro atoms. The van der Waals surface area contributed by atoms with Gasteiger partial charge in [0, 0.05) is 45.3 Å². The molecule has 1 aromatic carbocycles. The summed E-state index contributed by atoms with van der Waals surface area (Å²) in [6.45, 7) is 4.88. The molecular formula is C26H31N4O+. The van der Waals surface area contributed by atoms with Crippen molar-refractivity contribution >= 4 is 11.7 Å². The average Bonchev–Trinajstić information content (AvgIpc) is 3.34. The van der Waals surface area contributed by atoms with Crippen LogP contribution >= 0.6 is 0 Å². The lowest BCUT2D eigenvalue weighted by Crippen LogP contribution is -2.53. The largest absolute Gasteiger partial charge is 0.347 e. The molecule has 0 saturated heterocycles. The molecule has 2 atom stereocenters. The van der Waals surface area contributed by atoms with E-state index in [1.165, 1.54) is 11.1 Å². The average molecular weight is 416 g/mol. The highest BCUT2D eigenvalue weighted by atomic mass is 16.2. The molecule has 2 aromatic rings. The van der Waals surface area contributed by atoms with Gasteiger partial charge in [0.2, 0.25) is 5.84 Å². The highest BCUT2D eigenvalue weighted by molar-refractivity contribution is 5.96. The molecule has 2 unspecified atom stereocenters. The van der Waals surface area contributed by atoms with Gasteiger partial charge in [-0.15, -0.1) is 0 Å². The van der Waals surface area contributed by atoms with Crippen LogP contribution in [0.15, 0.2) is 89.5 Å². The smallest absolute Gasteiger partial charge is 0.270 e. The minimum atomic E-state index is 0.0539. The summed E-state index contributed by atoms with van der Waals surface area (Å²) in [5.41, 5.74) is 4.25. The topological polar surface area (TPSA) is 37.6 Å². The fourth-order valence-corrected chi connectivity index (χ4v) is 4.64. The first kappa shape index (κ1) is 21.1. The summed E-state index contributed by atoms with van der Waals surface area (Å²) in [7, 11) is 3.80. The van der Waals surface area contributed by atoms with Crippen molar-refractivity contribution in [1.29, 1.82) is 0 Å². The third-order valence-electron chi connectivity index (χ3n) is 6.31. The van der Waals surface area contributed by atoms with Crippen molar-refractivity contribution < 1.29 is 9.28 Å². The number of hydrogen-bond donors (Lipinski definition) is 0. The van der Waals surface area contributed by atoms with Gasteiger partial charge >= 0.3 is 0 Å². The van der Waals surface area contributed by atoms with Crippen molar-refractivity contribution in [2.24, 2.45) is 12.0 Å². The van der Waals surface area contributed by atoms with E-state index in [-0.39, 0.29) is 11.9 Å². The Bertz CT molecular complexity index is 1090. The third-order valence-corrected chi connectivity index (χ3v) is 6.31. The molecule has 3 heterocycles. The van der Waals surface area contributed by atoms with Gasteiger partial charge in [-0.1, -0.05) is 30.3 Å². The maximum absolute atomic E-state index is 12.9. The van der Waals surface area contributed by atoms with Gasteiger partial charge in [-0.05, 0) is 43.7 Å². The highest BCUT2D eigenvalue weighted by Gasteiger charge is 2.44. The number of hydrogen-bond acceptors (Lipinski definition) is 2. The zero-order chi connectivity index (χ0) is 22.0. The highest BCUT2D eigenvalue weighted by Crippen LogP contribution is 2.35. The Kier molecular flexibility index (Phi) is 5.79. The predicted molar refractivity (Wildman–Crippen MR) is 125 cm³/mol. The molecule has 0 saturated carbocycles. The van der Waals surface area contributed by atoms with Crippen LogP contribution in [0.4, 0.5) is 0 Å². The lowest BCUT2D eigenvalue weighted by molar-refractivity contribution is -0.760. The van der Waals surface area contributed by atoms with E-state index >= 15 is 0 Å². The van der Waals surface area contributed by atoms with Crippen LogP contribution in [-0.4, -0.2) is 45.3 Å². The molecule has 160 valence electrons. The van der Waals surface area contributed by atoms with Gasteiger partial charge in [-0.2, -0.15) is 4.99 Å². The summed E-state index contributed by atoms with van der Waals surface area (Å²) in [5.74, 6) is 1.15. The van der Waals surface area contributed by atoms with Gasteiger partial charge in [0.05, 0.1) is 5.70 Å². The number of rotatable bonds is 7. The molecule has 5 heteroatoms. The molecule has 31 heavy (non-hydrogen) atoms. The molecule has 4 rings (SSSR count). The lowest BCUT2D eigenvalue weighted by atomic mass is 9.97. The Balaban J connectivity index is 1.61. The van der Waals surface area contributed by atoms with Crippen LogP contribution in [0.5, 0.6) is 0 Å². The van der Waals surface area contributed by atoms with Gasteiger partial charge in [-0.25, -0.2) is 4.48 Å². The van der Waals surface area contributed by atoms with E-state index in [9.17, 15) is 4.79 Å². The number of nitrogens with zero attached hydrogens (tertiary/aromatic N) is 4. The van der Waals surface area contributed by atoms with Gasteiger partial charge in [-0.3, -0.25) is 4.79 Å². The van der Waals surface area contributed by atoms with E-state index < -0.39 is 0 Å². The Morgan fingerprint density at radius 1 is 1.16 bits per heavy atom. The maximum atomic E-state index is 12.9. The summed E-state index contributed by atoms with van der Waals surface area (Å²) >= 11 is 0. The van der Waals surface area contributed by atoms with Gasteiger partial charge in [0.25, 0.3) is 5.91 Å². The molecule has 0 fully saturated rings. The minimum Gasteiger partial charge on any atom is -0.347 e. The van der Waals surface area contributed by atoms with Crippen molar-refractivity contribution in [2.45, 2.75) is 32.7 Å². The number of amides is 1. The van der Waals surface area contributed by atoms with Crippen molar-refractivity contribution in [3.05, 3.63) is 95.7 Å². The fourth-order valence-electron chi connectivity index (χ4n) is 4.64. The van der Waals surface area contributed by atoms with Crippen molar-refractivity contribution in [2.75, 3.05) is 13.6 Å². The van der Waals surface area contributed by atoms with E-state index in [4.69, 9.17) is 4.99 Å². The molecule has 0 aliphatic carbocycles. The van der Waals surface area contributed by atoms with Crippen LogP contribution in [0.1, 0.15) is 36.3 Å². The third kappa shape index (κ3) is 4.06. The lowest BCUT2D eigenvalue weighted by Gasteiger charge is -2.38. The maximum Gasteiger partial charge on any atom is 0.270 e. The number of carbonyl (C=O) groups excluding carboxylic acids is 1. The molecule has 5 nitrogen and oxygen atoms in total. The second-order valence-corrected chi connectivity index (χ2v) is 8.59. The summed E-state index contributed by atoms with van der Waals surface area (Å²) in [6, 6.07) is 14.6. The zero-order valence-electron chi connectivity index (χ0n) is 18.8. The van der Waals surface area contributed by atoms with Gasteiger partial charge < -0.3 is 9.47 Å². The number of carbonyl (C=O) groups is 1. The number of benzene rings is 1. The Morgan fingerprint density at radius 3 is 2.65 bits per heavy atom. The number of quaternary nitrogens is 1. The number of fused-ring (bicyclic) bond motifs is 1. The van der Waals surface area contributed by atoms with Gasteiger partial charge in [0.1, 0.15) is 24.1 Å². The second kappa shape index (κ2) is 8.52. The SMILES string of the molecule is CC1=C[N+]2(C(CCN(C)C(=O)c3cccn3C)Cc3ccccc3)C=CC=C(C)C2=N1. The Morgan fingerprint density at radius 2 is 1.94 bits per heavy atom. The number of amidine groups is 1. The predicted octanol–water partition coefficient (Wildman–Crippen LogP) is 4.66. The standard InChI is InChI=1S/C26H31N4O/c1-20-10-9-17-30(19-21(2)27-25(20)30)23(18-22-11-6-5-7-12-22)14-16-29(4)26(31)24-13-8-15-28(24)3/h5-13,15,17,19,23H,14,16,18H2,1-4H3/q+1. The summed E-state index contributed by atoms with van der Waals surface area (Å²) < 4.78 is 2.50. The monoisotopic (exact) mass is 415 g/mol. The van der Waals surface area contributed by atoms with Crippen LogP contribution in [0, 0.1) is 0 Å². The number of allylic oxidation sites excluding steroid dienone is 3. The molecule has 0 N–H and O–H groups in total. The van der Waals surface area contributed by atoms with E-state index in [1.807, 2.05) is 41.9 Å². The molecule has 1 amide bonds. The van der Waals surface area contributed by atoms with Crippen LogP contribution in [0.2, 0.25) is 0 Å². The van der Waals surface area contributed by atoms with E-state index in [2.05, 4.69) is 68.7 Å². The normalized spacial score (nSPS) is 20.6. The van der Waals surface area contributed by atoms with Crippen LogP contribution in [-0.2, 0) is 13.5 Å². The molecule has 1 aromatic heterocycles. The van der Waals surface area contributed by atoms with Gasteiger partial charge in [0.15, 0.2) is 0 Å². The quantitative estimate of drug-likeness (QED) is 0.606.